The Balaban J connectivity index is 1.97. The molecule has 1 aromatic heterocycles. The number of hydrogen-bond acceptors (Lipinski definition) is 3. The fourth-order valence-electron chi connectivity index (χ4n) is 3.31. The fourth-order valence-corrected chi connectivity index (χ4v) is 3.53. The molecule has 0 saturated carbocycles. The minimum atomic E-state index is -0.649. The van der Waals surface area contributed by atoms with Crippen molar-refractivity contribution in [1.82, 2.24) is 4.90 Å². The first kappa shape index (κ1) is 14.9. The van der Waals surface area contributed by atoms with E-state index < -0.39 is 6.10 Å². The number of benzene rings is 1. The van der Waals surface area contributed by atoms with Gasteiger partial charge in [0.25, 0.3) is 0 Å². The lowest BCUT2D eigenvalue weighted by molar-refractivity contribution is -0.0246. The number of para-hydroxylation sites is 1. The van der Waals surface area contributed by atoms with Gasteiger partial charge in [0.15, 0.2) is 5.58 Å². The van der Waals surface area contributed by atoms with Crippen molar-refractivity contribution in [2.75, 3.05) is 13.1 Å². The number of fused-ring (bicyclic) bond motifs is 1. The SMILES string of the molecule is CCC(C)(C(O)c1cc2cccc(Cl)c2o1)N1CCCC1. The predicted molar refractivity (Wildman–Crippen MR) is 85.7 cm³/mol. The van der Waals surface area contributed by atoms with Crippen LogP contribution in [0.1, 0.15) is 45.0 Å². The van der Waals surface area contributed by atoms with Crippen molar-refractivity contribution >= 4 is 22.6 Å². The number of furan rings is 1. The molecule has 1 N–H and O–H groups in total. The Morgan fingerprint density at radius 3 is 2.71 bits per heavy atom. The van der Waals surface area contributed by atoms with Crippen molar-refractivity contribution in [3.63, 3.8) is 0 Å². The Kier molecular flexibility index (Phi) is 4.00. The van der Waals surface area contributed by atoms with Gasteiger partial charge >= 0.3 is 0 Å². The lowest BCUT2D eigenvalue weighted by Crippen LogP contribution is -2.48. The maximum Gasteiger partial charge on any atom is 0.152 e. The summed E-state index contributed by atoms with van der Waals surface area (Å²) >= 11 is 6.16. The summed E-state index contributed by atoms with van der Waals surface area (Å²) in [5, 5.41) is 12.4. The van der Waals surface area contributed by atoms with Crippen LogP contribution in [0.2, 0.25) is 5.02 Å². The van der Waals surface area contributed by atoms with Crippen molar-refractivity contribution in [3.05, 3.63) is 35.0 Å². The van der Waals surface area contributed by atoms with Crippen LogP contribution >= 0.6 is 11.6 Å². The van der Waals surface area contributed by atoms with E-state index in [0.717, 1.165) is 24.9 Å². The Hall–Kier alpha value is -1.03. The molecule has 1 aliphatic rings. The first-order chi connectivity index (χ1) is 10.1. The zero-order valence-corrected chi connectivity index (χ0v) is 13.4. The lowest BCUT2D eigenvalue weighted by Gasteiger charge is -2.41. The van der Waals surface area contributed by atoms with Gasteiger partial charge in [0, 0.05) is 5.39 Å². The van der Waals surface area contributed by atoms with Crippen molar-refractivity contribution in [2.24, 2.45) is 0 Å². The molecule has 4 heteroatoms. The van der Waals surface area contributed by atoms with Gasteiger partial charge in [-0.1, -0.05) is 30.7 Å². The molecule has 0 amide bonds. The smallest absolute Gasteiger partial charge is 0.152 e. The van der Waals surface area contributed by atoms with E-state index in [2.05, 4.69) is 18.7 Å². The molecule has 1 aliphatic heterocycles. The predicted octanol–water partition coefficient (Wildman–Crippen LogP) is 4.38. The maximum atomic E-state index is 10.9. The number of rotatable bonds is 4. The average molecular weight is 308 g/mol. The van der Waals surface area contributed by atoms with Gasteiger partial charge in [-0.05, 0) is 51.4 Å². The quantitative estimate of drug-likeness (QED) is 0.910. The minimum absolute atomic E-state index is 0.295. The molecule has 114 valence electrons. The topological polar surface area (TPSA) is 36.6 Å². The minimum Gasteiger partial charge on any atom is -0.457 e. The van der Waals surface area contributed by atoms with Gasteiger partial charge in [-0.2, -0.15) is 0 Å². The van der Waals surface area contributed by atoms with E-state index in [4.69, 9.17) is 16.0 Å². The highest BCUT2D eigenvalue weighted by Gasteiger charge is 2.41. The summed E-state index contributed by atoms with van der Waals surface area (Å²) in [7, 11) is 0. The number of nitrogens with zero attached hydrogens (tertiary/aromatic N) is 1. The zero-order valence-electron chi connectivity index (χ0n) is 12.6. The number of aliphatic hydroxyl groups is 1. The normalized spacial score (nSPS) is 20.8. The molecule has 2 atom stereocenters. The summed E-state index contributed by atoms with van der Waals surface area (Å²) in [6.45, 7) is 6.33. The Morgan fingerprint density at radius 2 is 2.10 bits per heavy atom. The molecule has 0 bridgehead atoms. The fraction of sp³-hybridized carbons (Fsp3) is 0.529. The third-order valence-electron chi connectivity index (χ3n) is 4.92. The molecule has 1 fully saturated rings. The van der Waals surface area contributed by atoms with Crippen LogP contribution in [0.15, 0.2) is 28.7 Å². The van der Waals surface area contributed by atoms with Gasteiger partial charge in [-0.25, -0.2) is 0 Å². The van der Waals surface area contributed by atoms with Crippen LogP contribution in [-0.2, 0) is 0 Å². The van der Waals surface area contributed by atoms with Gasteiger partial charge in [-0.15, -0.1) is 0 Å². The van der Waals surface area contributed by atoms with Crippen LogP contribution in [0, 0.1) is 0 Å². The second kappa shape index (κ2) is 5.64. The molecular formula is C17H22ClNO2. The zero-order chi connectivity index (χ0) is 15.0. The van der Waals surface area contributed by atoms with Crippen LogP contribution < -0.4 is 0 Å². The first-order valence-corrected chi connectivity index (χ1v) is 8.05. The van der Waals surface area contributed by atoms with Crippen LogP contribution in [0.3, 0.4) is 0 Å². The molecule has 21 heavy (non-hydrogen) atoms. The molecule has 2 unspecified atom stereocenters. The van der Waals surface area contributed by atoms with Crippen LogP contribution in [0.25, 0.3) is 11.0 Å². The highest BCUT2D eigenvalue weighted by Crippen LogP contribution is 2.39. The number of likely N-dealkylation sites (tertiary alicyclic amines) is 1. The van der Waals surface area contributed by atoms with E-state index in [0.29, 0.717) is 16.4 Å². The Morgan fingerprint density at radius 1 is 1.38 bits per heavy atom. The van der Waals surface area contributed by atoms with Crippen molar-refractivity contribution < 1.29 is 9.52 Å². The van der Waals surface area contributed by atoms with Crippen LogP contribution in [0.5, 0.6) is 0 Å². The summed E-state index contributed by atoms with van der Waals surface area (Å²) in [5.74, 6) is 0.606. The molecular weight excluding hydrogens is 286 g/mol. The van der Waals surface area contributed by atoms with Crippen LogP contribution in [0.4, 0.5) is 0 Å². The van der Waals surface area contributed by atoms with E-state index >= 15 is 0 Å². The van der Waals surface area contributed by atoms with E-state index in [-0.39, 0.29) is 5.54 Å². The Bertz CT molecular complexity index is 633. The summed E-state index contributed by atoms with van der Waals surface area (Å²) < 4.78 is 5.86. The summed E-state index contributed by atoms with van der Waals surface area (Å²) in [6, 6.07) is 7.58. The van der Waals surface area contributed by atoms with Gasteiger partial charge < -0.3 is 9.52 Å². The second-order valence-electron chi connectivity index (χ2n) is 6.11. The molecule has 1 aromatic carbocycles. The second-order valence-corrected chi connectivity index (χ2v) is 6.52. The van der Waals surface area contributed by atoms with E-state index in [1.54, 1.807) is 0 Å². The molecule has 1 saturated heterocycles. The van der Waals surface area contributed by atoms with Crippen molar-refractivity contribution in [3.8, 4) is 0 Å². The summed E-state index contributed by atoms with van der Waals surface area (Å²) in [4.78, 5) is 2.38. The molecule has 0 radical (unpaired) electrons. The van der Waals surface area contributed by atoms with Crippen molar-refractivity contribution in [2.45, 2.75) is 44.8 Å². The van der Waals surface area contributed by atoms with Crippen molar-refractivity contribution in [1.29, 1.82) is 0 Å². The van der Waals surface area contributed by atoms with E-state index in [1.165, 1.54) is 12.8 Å². The molecule has 3 nitrogen and oxygen atoms in total. The molecule has 3 rings (SSSR count). The molecule has 2 heterocycles. The molecule has 0 aliphatic carbocycles. The highest BCUT2D eigenvalue weighted by molar-refractivity contribution is 6.34. The number of halogens is 1. The standard InChI is InChI=1S/C17H22ClNO2/c1-3-17(2,19-9-4-5-10-19)16(20)14-11-12-7-6-8-13(18)15(12)21-14/h6-8,11,16,20H,3-5,9-10H2,1-2H3. The van der Waals surface area contributed by atoms with Gasteiger partial charge in [0.1, 0.15) is 11.9 Å². The first-order valence-electron chi connectivity index (χ1n) is 7.67. The molecule has 2 aromatic rings. The van der Waals surface area contributed by atoms with E-state index in [9.17, 15) is 5.11 Å². The summed E-state index contributed by atoms with van der Waals surface area (Å²) in [6.07, 6.45) is 2.63. The third-order valence-corrected chi connectivity index (χ3v) is 5.22. The van der Waals surface area contributed by atoms with Gasteiger partial charge in [0.05, 0.1) is 10.6 Å². The summed E-state index contributed by atoms with van der Waals surface area (Å²) in [5.41, 5.74) is 0.365. The maximum absolute atomic E-state index is 10.9. The monoisotopic (exact) mass is 307 g/mol. The molecule has 0 spiro atoms. The average Bonchev–Trinajstić information content (AvgIpc) is 3.15. The largest absolute Gasteiger partial charge is 0.457 e. The van der Waals surface area contributed by atoms with Gasteiger partial charge in [-0.3, -0.25) is 4.90 Å². The Labute approximate surface area is 130 Å². The lowest BCUT2D eigenvalue weighted by atomic mass is 9.88. The number of aliphatic hydroxyl groups excluding tert-OH is 1. The number of hydrogen-bond donors (Lipinski definition) is 1. The van der Waals surface area contributed by atoms with E-state index in [1.807, 2.05) is 24.3 Å². The van der Waals surface area contributed by atoms with Crippen LogP contribution in [-0.4, -0.2) is 28.6 Å². The highest BCUT2D eigenvalue weighted by atomic mass is 35.5. The van der Waals surface area contributed by atoms with Gasteiger partial charge in [0.2, 0.25) is 0 Å². The third kappa shape index (κ3) is 2.48.